The molecule has 0 aliphatic rings. The molecule has 2 aromatic carbocycles. The molecule has 124 valence electrons. The van der Waals surface area contributed by atoms with Gasteiger partial charge in [-0.1, -0.05) is 46.4 Å². The second-order valence-electron chi connectivity index (χ2n) is 4.81. The number of halogens is 4. The lowest BCUT2D eigenvalue weighted by atomic mass is 10.2. The van der Waals surface area contributed by atoms with E-state index in [1.807, 2.05) is 0 Å². The van der Waals surface area contributed by atoms with Crippen molar-refractivity contribution in [1.82, 2.24) is 0 Å². The average Bonchev–Trinajstić information content (AvgIpc) is 2.84. The summed E-state index contributed by atoms with van der Waals surface area (Å²) in [6.07, 6.45) is 0. The number of hydrogen-bond acceptors (Lipinski definition) is 3. The van der Waals surface area contributed by atoms with Gasteiger partial charge in [-0.15, -0.1) is 11.3 Å². The highest BCUT2D eigenvalue weighted by molar-refractivity contribution is 7.21. The highest BCUT2D eigenvalue weighted by atomic mass is 35.5. The molecule has 3 aromatic rings. The van der Waals surface area contributed by atoms with E-state index in [-0.39, 0.29) is 5.91 Å². The molecule has 8 heteroatoms. The number of ether oxygens (including phenoxy) is 1. The van der Waals surface area contributed by atoms with Crippen LogP contribution in [0.15, 0.2) is 30.3 Å². The van der Waals surface area contributed by atoms with Gasteiger partial charge in [0.05, 0.1) is 22.2 Å². The highest BCUT2D eigenvalue weighted by Gasteiger charge is 2.20. The second-order valence-corrected chi connectivity index (χ2v) is 7.49. The first kappa shape index (κ1) is 17.6. The minimum Gasteiger partial charge on any atom is -0.495 e. The average molecular weight is 421 g/mol. The van der Waals surface area contributed by atoms with Crippen molar-refractivity contribution in [2.45, 2.75) is 0 Å². The van der Waals surface area contributed by atoms with Gasteiger partial charge in [-0.3, -0.25) is 4.79 Å². The van der Waals surface area contributed by atoms with Gasteiger partial charge in [0.1, 0.15) is 10.6 Å². The van der Waals surface area contributed by atoms with Crippen LogP contribution in [0.3, 0.4) is 0 Å². The summed E-state index contributed by atoms with van der Waals surface area (Å²) < 4.78 is 5.83. The molecule has 1 N–H and O–H groups in total. The van der Waals surface area contributed by atoms with E-state index in [2.05, 4.69) is 5.32 Å². The normalized spacial score (nSPS) is 10.9. The smallest absolute Gasteiger partial charge is 0.267 e. The van der Waals surface area contributed by atoms with Crippen molar-refractivity contribution in [1.29, 1.82) is 0 Å². The molecule has 1 amide bonds. The zero-order chi connectivity index (χ0) is 17.4. The number of methoxy groups -OCH3 is 1. The maximum atomic E-state index is 12.5. The van der Waals surface area contributed by atoms with Crippen LogP contribution in [-0.2, 0) is 0 Å². The molecular weight excluding hydrogens is 412 g/mol. The quantitative estimate of drug-likeness (QED) is 0.507. The Morgan fingerprint density at radius 2 is 1.83 bits per heavy atom. The van der Waals surface area contributed by atoms with E-state index in [9.17, 15) is 4.79 Å². The Labute approximate surface area is 162 Å². The van der Waals surface area contributed by atoms with Crippen LogP contribution in [0.25, 0.3) is 10.1 Å². The van der Waals surface area contributed by atoms with Crippen LogP contribution in [0, 0.1) is 0 Å². The minimum atomic E-state index is -0.352. The van der Waals surface area contributed by atoms with Crippen molar-refractivity contribution in [3.8, 4) is 5.75 Å². The zero-order valence-electron chi connectivity index (χ0n) is 12.1. The molecule has 3 rings (SSSR count). The predicted molar refractivity (Wildman–Crippen MR) is 103 cm³/mol. The number of anilines is 1. The number of benzene rings is 2. The van der Waals surface area contributed by atoms with Gasteiger partial charge in [-0.2, -0.15) is 0 Å². The minimum absolute atomic E-state index is 0.300. The van der Waals surface area contributed by atoms with Crippen LogP contribution in [0.5, 0.6) is 5.75 Å². The summed E-state index contributed by atoms with van der Waals surface area (Å²) in [7, 11) is 1.52. The lowest BCUT2D eigenvalue weighted by Gasteiger charge is -2.07. The highest BCUT2D eigenvalue weighted by Crippen LogP contribution is 2.41. The Balaban J connectivity index is 1.96. The van der Waals surface area contributed by atoms with E-state index in [1.54, 1.807) is 30.3 Å². The first-order chi connectivity index (χ1) is 11.4. The van der Waals surface area contributed by atoms with Crippen molar-refractivity contribution < 1.29 is 9.53 Å². The van der Waals surface area contributed by atoms with Crippen LogP contribution < -0.4 is 10.1 Å². The Morgan fingerprint density at radius 3 is 2.50 bits per heavy atom. The van der Waals surface area contributed by atoms with Gasteiger partial charge in [0, 0.05) is 20.8 Å². The first-order valence-electron chi connectivity index (χ1n) is 6.62. The number of amides is 1. The summed E-state index contributed by atoms with van der Waals surface area (Å²) >= 11 is 25.8. The molecule has 0 radical (unpaired) electrons. The molecule has 0 bridgehead atoms. The summed E-state index contributed by atoms with van der Waals surface area (Å²) in [5.41, 5.74) is 0.531. The summed E-state index contributed by atoms with van der Waals surface area (Å²) in [6, 6.07) is 8.27. The van der Waals surface area contributed by atoms with E-state index in [1.165, 1.54) is 18.4 Å². The summed E-state index contributed by atoms with van der Waals surface area (Å²) in [5.74, 6) is 0.172. The number of hydrogen-bond donors (Lipinski definition) is 1. The second kappa shape index (κ2) is 6.98. The summed E-state index contributed by atoms with van der Waals surface area (Å²) in [6.45, 7) is 0. The van der Waals surface area contributed by atoms with E-state index in [0.29, 0.717) is 41.8 Å². The van der Waals surface area contributed by atoms with Crippen LogP contribution in [0.2, 0.25) is 20.1 Å². The standard InChI is InChI=1S/C16H9Cl4NO2S/c1-23-11-3-2-8(6-9(11)18)21-16(22)15-14(20)13-10(19)4-7(17)5-12(13)24-15/h2-6H,1H3,(H,21,22). The molecule has 3 nitrogen and oxygen atoms in total. The lowest BCUT2D eigenvalue weighted by Crippen LogP contribution is -2.10. The fourth-order valence-electron chi connectivity index (χ4n) is 2.19. The number of carbonyl (C=O) groups is 1. The van der Waals surface area contributed by atoms with Crippen LogP contribution in [-0.4, -0.2) is 13.0 Å². The summed E-state index contributed by atoms with van der Waals surface area (Å²) in [4.78, 5) is 12.9. The molecule has 0 saturated heterocycles. The third-order valence-electron chi connectivity index (χ3n) is 3.27. The Bertz CT molecular complexity index is 955. The fraction of sp³-hybridized carbons (Fsp3) is 0.0625. The van der Waals surface area contributed by atoms with Crippen LogP contribution >= 0.6 is 57.7 Å². The zero-order valence-corrected chi connectivity index (χ0v) is 16.0. The molecular formula is C16H9Cl4NO2S. The molecule has 0 spiro atoms. The van der Waals surface area contributed by atoms with Crippen LogP contribution in [0.1, 0.15) is 9.67 Å². The third-order valence-corrected chi connectivity index (χ3v) is 5.70. The first-order valence-corrected chi connectivity index (χ1v) is 8.95. The maximum Gasteiger partial charge on any atom is 0.267 e. The van der Waals surface area contributed by atoms with Gasteiger partial charge in [-0.05, 0) is 30.3 Å². The molecule has 0 atom stereocenters. The molecule has 1 heterocycles. The number of rotatable bonds is 3. The molecule has 1 aromatic heterocycles. The van der Waals surface area contributed by atoms with Crippen molar-refractivity contribution >= 4 is 79.4 Å². The van der Waals surface area contributed by atoms with Crippen molar-refractivity contribution in [3.05, 3.63) is 55.3 Å². The maximum absolute atomic E-state index is 12.5. The molecule has 0 saturated carbocycles. The predicted octanol–water partition coefficient (Wildman–Crippen LogP) is 6.78. The van der Waals surface area contributed by atoms with Gasteiger partial charge in [0.25, 0.3) is 5.91 Å². The van der Waals surface area contributed by atoms with E-state index < -0.39 is 0 Å². The van der Waals surface area contributed by atoms with E-state index in [4.69, 9.17) is 51.1 Å². The van der Waals surface area contributed by atoms with Crippen molar-refractivity contribution in [2.75, 3.05) is 12.4 Å². The molecule has 0 fully saturated rings. The van der Waals surface area contributed by atoms with Crippen molar-refractivity contribution in [3.63, 3.8) is 0 Å². The fourth-order valence-corrected chi connectivity index (χ4v) is 4.72. The van der Waals surface area contributed by atoms with E-state index >= 15 is 0 Å². The SMILES string of the molecule is COc1ccc(NC(=O)c2sc3cc(Cl)cc(Cl)c3c2Cl)cc1Cl. The van der Waals surface area contributed by atoms with Gasteiger partial charge in [0.2, 0.25) is 0 Å². The van der Waals surface area contributed by atoms with Gasteiger partial charge in [0.15, 0.2) is 0 Å². The van der Waals surface area contributed by atoms with E-state index in [0.717, 1.165) is 4.70 Å². The Hall–Kier alpha value is -1.17. The number of carbonyl (C=O) groups excluding carboxylic acids is 1. The monoisotopic (exact) mass is 419 g/mol. The molecule has 0 aliphatic carbocycles. The summed E-state index contributed by atoms with van der Waals surface area (Å²) in [5, 5.41) is 4.96. The van der Waals surface area contributed by atoms with Crippen LogP contribution in [0.4, 0.5) is 5.69 Å². The van der Waals surface area contributed by atoms with Gasteiger partial charge < -0.3 is 10.1 Å². The third kappa shape index (κ3) is 3.30. The lowest BCUT2D eigenvalue weighted by molar-refractivity contribution is 0.103. The van der Waals surface area contributed by atoms with Gasteiger partial charge >= 0.3 is 0 Å². The molecule has 0 unspecified atom stereocenters. The molecule has 0 aliphatic heterocycles. The number of thiophene rings is 1. The van der Waals surface area contributed by atoms with Gasteiger partial charge in [-0.25, -0.2) is 0 Å². The number of nitrogens with one attached hydrogen (secondary N) is 1. The number of fused-ring (bicyclic) bond motifs is 1. The van der Waals surface area contributed by atoms with Crippen molar-refractivity contribution in [2.24, 2.45) is 0 Å². The topological polar surface area (TPSA) is 38.3 Å². The molecule has 24 heavy (non-hydrogen) atoms. The largest absolute Gasteiger partial charge is 0.495 e. The Kier molecular flexibility index (Phi) is 5.13. The Morgan fingerprint density at radius 1 is 1.08 bits per heavy atom.